The van der Waals surface area contributed by atoms with E-state index < -0.39 is 0 Å². The van der Waals surface area contributed by atoms with Gasteiger partial charge in [0.05, 0.1) is 18.8 Å². The van der Waals surface area contributed by atoms with Crippen LogP contribution in [0.15, 0.2) is 0 Å². The number of nitrogens with zero attached hydrogens (tertiary/aromatic N) is 1. The molecule has 17 heavy (non-hydrogen) atoms. The molecule has 3 heteroatoms. The zero-order valence-corrected chi connectivity index (χ0v) is 11.8. The maximum Gasteiger partial charge on any atom is 0.155 e. The van der Waals surface area contributed by atoms with Gasteiger partial charge < -0.3 is 4.74 Å². The molecule has 2 atom stereocenters. The summed E-state index contributed by atoms with van der Waals surface area (Å²) in [5, 5.41) is 0. The number of ketones is 1. The predicted molar refractivity (Wildman–Crippen MR) is 70.2 cm³/mol. The Kier molecular flexibility index (Phi) is 5.60. The average molecular weight is 241 g/mol. The lowest BCUT2D eigenvalue weighted by Crippen LogP contribution is -2.57. The minimum Gasteiger partial charge on any atom is -0.379 e. The van der Waals surface area contributed by atoms with Gasteiger partial charge in [0, 0.05) is 19.0 Å². The summed E-state index contributed by atoms with van der Waals surface area (Å²) in [5.41, 5.74) is -0.293. The number of carbonyl (C=O) groups is 1. The molecule has 0 amide bonds. The van der Waals surface area contributed by atoms with Crippen LogP contribution in [0, 0.1) is 5.92 Å². The second-order valence-corrected chi connectivity index (χ2v) is 5.28. The SMILES string of the molecule is CCCC(C)C(=O)C(C)(CC)N1CCOCC1. The van der Waals surface area contributed by atoms with Gasteiger partial charge in [0.25, 0.3) is 0 Å². The van der Waals surface area contributed by atoms with Crippen molar-refractivity contribution in [1.29, 1.82) is 0 Å². The number of hydrogen-bond donors (Lipinski definition) is 0. The number of ether oxygens (including phenoxy) is 1. The number of rotatable bonds is 6. The Balaban J connectivity index is 2.74. The van der Waals surface area contributed by atoms with Crippen molar-refractivity contribution in [2.75, 3.05) is 26.3 Å². The molecule has 0 aromatic rings. The van der Waals surface area contributed by atoms with Crippen LogP contribution in [-0.4, -0.2) is 42.5 Å². The van der Waals surface area contributed by atoms with Gasteiger partial charge in [-0.1, -0.05) is 27.2 Å². The monoisotopic (exact) mass is 241 g/mol. The first-order valence-electron chi connectivity index (χ1n) is 6.93. The molecule has 0 aliphatic carbocycles. The van der Waals surface area contributed by atoms with E-state index in [-0.39, 0.29) is 11.5 Å². The highest BCUT2D eigenvalue weighted by atomic mass is 16.5. The Labute approximate surface area is 106 Å². The summed E-state index contributed by atoms with van der Waals surface area (Å²) < 4.78 is 5.37. The van der Waals surface area contributed by atoms with Crippen LogP contribution in [-0.2, 0) is 9.53 Å². The van der Waals surface area contributed by atoms with Crippen molar-refractivity contribution in [3.63, 3.8) is 0 Å². The Morgan fingerprint density at radius 2 is 1.94 bits per heavy atom. The minimum absolute atomic E-state index is 0.174. The summed E-state index contributed by atoms with van der Waals surface area (Å²) in [4.78, 5) is 14.9. The smallest absolute Gasteiger partial charge is 0.155 e. The van der Waals surface area contributed by atoms with Crippen molar-refractivity contribution in [2.24, 2.45) is 5.92 Å². The van der Waals surface area contributed by atoms with E-state index in [1.54, 1.807) is 0 Å². The summed E-state index contributed by atoms with van der Waals surface area (Å²) in [6.07, 6.45) is 2.97. The van der Waals surface area contributed by atoms with E-state index in [2.05, 4.69) is 32.6 Å². The molecule has 0 aromatic carbocycles. The van der Waals surface area contributed by atoms with E-state index in [0.717, 1.165) is 45.6 Å². The molecule has 1 rings (SSSR count). The highest BCUT2D eigenvalue weighted by Crippen LogP contribution is 2.26. The minimum atomic E-state index is -0.293. The standard InChI is InChI=1S/C14H27NO2/c1-5-7-12(3)13(16)14(4,6-2)15-8-10-17-11-9-15/h12H,5-11H2,1-4H3. The van der Waals surface area contributed by atoms with E-state index in [9.17, 15) is 4.79 Å². The summed E-state index contributed by atoms with van der Waals surface area (Å²) in [7, 11) is 0. The Bertz CT molecular complexity index is 249. The van der Waals surface area contributed by atoms with E-state index in [0.29, 0.717) is 5.78 Å². The van der Waals surface area contributed by atoms with Crippen molar-refractivity contribution in [3.8, 4) is 0 Å². The number of hydrogen-bond acceptors (Lipinski definition) is 3. The number of Topliss-reactive ketones (excluding diaryl/α,β-unsaturated/α-hetero) is 1. The summed E-state index contributed by atoms with van der Waals surface area (Å²) in [5.74, 6) is 0.580. The second-order valence-electron chi connectivity index (χ2n) is 5.28. The van der Waals surface area contributed by atoms with Crippen LogP contribution in [0.5, 0.6) is 0 Å². The normalized spacial score (nSPS) is 23.1. The van der Waals surface area contributed by atoms with E-state index in [1.165, 1.54) is 0 Å². The second kappa shape index (κ2) is 6.50. The molecule has 1 fully saturated rings. The Morgan fingerprint density at radius 1 is 1.35 bits per heavy atom. The molecule has 1 aliphatic heterocycles. The first-order chi connectivity index (χ1) is 8.06. The summed E-state index contributed by atoms with van der Waals surface area (Å²) in [6, 6.07) is 0. The van der Waals surface area contributed by atoms with E-state index >= 15 is 0 Å². The third-order valence-electron chi connectivity index (χ3n) is 4.10. The molecule has 100 valence electrons. The average Bonchev–Trinajstić information content (AvgIpc) is 2.38. The summed E-state index contributed by atoms with van der Waals surface area (Å²) in [6.45, 7) is 11.7. The van der Waals surface area contributed by atoms with Crippen molar-refractivity contribution in [1.82, 2.24) is 4.90 Å². The number of carbonyl (C=O) groups excluding carboxylic acids is 1. The Morgan fingerprint density at radius 3 is 2.41 bits per heavy atom. The fraction of sp³-hybridized carbons (Fsp3) is 0.929. The van der Waals surface area contributed by atoms with Gasteiger partial charge in [-0.2, -0.15) is 0 Å². The highest BCUT2D eigenvalue weighted by Gasteiger charge is 2.39. The summed E-state index contributed by atoms with van der Waals surface area (Å²) >= 11 is 0. The van der Waals surface area contributed by atoms with Gasteiger partial charge in [-0.3, -0.25) is 9.69 Å². The van der Waals surface area contributed by atoms with E-state index in [1.807, 2.05) is 0 Å². The highest BCUT2D eigenvalue weighted by molar-refractivity contribution is 5.89. The van der Waals surface area contributed by atoms with Crippen LogP contribution in [0.4, 0.5) is 0 Å². The zero-order chi connectivity index (χ0) is 12.9. The van der Waals surface area contributed by atoms with Gasteiger partial charge in [0.15, 0.2) is 5.78 Å². The molecule has 1 saturated heterocycles. The molecule has 0 aromatic heterocycles. The van der Waals surface area contributed by atoms with Crippen molar-refractivity contribution in [3.05, 3.63) is 0 Å². The maximum absolute atomic E-state index is 12.6. The predicted octanol–water partition coefficient (Wildman–Crippen LogP) is 2.49. The third kappa shape index (κ3) is 3.29. The molecule has 3 nitrogen and oxygen atoms in total. The van der Waals surface area contributed by atoms with Crippen LogP contribution in [0.25, 0.3) is 0 Å². The fourth-order valence-corrected chi connectivity index (χ4v) is 2.71. The topological polar surface area (TPSA) is 29.5 Å². The first-order valence-corrected chi connectivity index (χ1v) is 6.93. The van der Waals surface area contributed by atoms with Crippen molar-refractivity contribution >= 4 is 5.78 Å². The fourth-order valence-electron chi connectivity index (χ4n) is 2.71. The molecule has 0 bridgehead atoms. The molecule has 0 saturated carbocycles. The van der Waals surface area contributed by atoms with Crippen molar-refractivity contribution < 1.29 is 9.53 Å². The third-order valence-corrected chi connectivity index (χ3v) is 4.10. The van der Waals surface area contributed by atoms with Crippen LogP contribution >= 0.6 is 0 Å². The van der Waals surface area contributed by atoms with Gasteiger partial charge in [-0.25, -0.2) is 0 Å². The van der Waals surface area contributed by atoms with Gasteiger partial charge in [0.1, 0.15) is 0 Å². The zero-order valence-electron chi connectivity index (χ0n) is 11.8. The van der Waals surface area contributed by atoms with Crippen LogP contribution in [0.3, 0.4) is 0 Å². The lowest BCUT2D eigenvalue weighted by molar-refractivity contribution is -0.137. The molecule has 0 N–H and O–H groups in total. The van der Waals surface area contributed by atoms with Crippen LogP contribution in [0.1, 0.15) is 47.0 Å². The first kappa shape index (κ1) is 14.7. The molecular weight excluding hydrogens is 214 g/mol. The molecule has 2 unspecified atom stereocenters. The Hall–Kier alpha value is -0.410. The molecular formula is C14H27NO2. The lowest BCUT2D eigenvalue weighted by Gasteiger charge is -2.42. The van der Waals surface area contributed by atoms with E-state index in [4.69, 9.17) is 4.74 Å². The molecule has 0 radical (unpaired) electrons. The van der Waals surface area contributed by atoms with Gasteiger partial charge in [-0.15, -0.1) is 0 Å². The van der Waals surface area contributed by atoms with Gasteiger partial charge in [0.2, 0.25) is 0 Å². The maximum atomic E-state index is 12.6. The lowest BCUT2D eigenvalue weighted by atomic mass is 9.82. The van der Waals surface area contributed by atoms with Gasteiger partial charge >= 0.3 is 0 Å². The van der Waals surface area contributed by atoms with Crippen molar-refractivity contribution in [2.45, 2.75) is 52.5 Å². The number of morpholine rings is 1. The molecule has 1 heterocycles. The van der Waals surface area contributed by atoms with Crippen LogP contribution in [0.2, 0.25) is 0 Å². The quantitative estimate of drug-likeness (QED) is 0.715. The van der Waals surface area contributed by atoms with Crippen LogP contribution < -0.4 is 0 Å². The molecule has 0 spiro atoms. The van der Waals surface area contributed by atoms with Gasteiger partial charge in [-0.05, 0) is 19.8 Å². The largest absolute Gasteiger partial charge is 0.379 e. The molecule has 1 aliphatic rings.